The lowest BCUT2D eigenvalue weighted by Gasteiger charge is -2.11. The molecule has 0 heterocycles. The Morgan fingerprint density at radius 1 is 1.19 bits per heavy atom. The van der Waals surface area contributed by atoms with Gasteiger partial charge in [-0.3, -0.25) is 4.79 Å². The highest BCUT2D eigenvalue weighted by Gasteiger charge is 2.11. The van der Waals surface area contributed by atoms with Gasteiger partial charge in [-0.05, 0) is 43.3 Å². The SMILES string of the molecule is C[C@H]([NH2+]CC(=O)Nc1ccc(F)cc1)c1ccc(Cl)cc1. The van der Waals surface area contributed by atoms with Crippen LogP contribution < -0.4 is 10.6 Å². The summed E-state index contributed by atoms with van der Waals surface area (Å²) in [6.07, 6.45) is 0. The molecule has 2 aromatic carbocycles. The summed E-state index contributed by atoms with van der Waals surface area (Å²) in [5.74, 6) is -0.446. The quantitative estimate of drug-likeness (QED) is 0.876. The van der Waals surface area contributed by atoms with Gasteiger partial charge in [0.15, 0.2) is 6.54 Å². The van der Waals surface area contributed by atoms with E-state index in [2.05, 4.69) is 5.32 Å². The normalized spacial score (nSPS) is 12.0. The average molecular weight is 308 g/mol. The Morgan fingerprint density at radius 2 is 1.81 bits per heavy atom. The number of nitrogens with two attached hydrogens (primary N) is 1. The number of amides is 1. The minimum atomic E-state index is -0.323. The number of anilines is 1. The molecular weight excluding hydrogens is 291 g/mol. The van der Waals surface area contributed by atoms with Gasteiger partial charge in [0.05, 0.1) is 0 Å². The first kappa shape index (κ1) is 15.5. The van der Waals surface area contributed by atoms with Crippen LogP contribution in [0.25, 0.3) is 0 Å². The van der Waals surface area contributed by atoms with Gasteiger partial charge in [-0.1, -0.05) is 23.7 Å². The number of quaternary nitrogens is 1. The van der Waals surface area contributed by atoms with Gasteiger partial charge in [-0.25, -0.2) is 4.39 Å². The van der Waals surface area contributed by atoms with Crippen molar-refractivity contribution in [2.24, 2.45) is 0 Å². The molecule has 0 bridgehead atoms. The van der Waals surface area contributed by atoms with Gasteiger partial charge < -0.3 is 10.6 Å². The third-order valence-corrected chi connectivity index (χ3v) is 3.43. The molecule has 21 heavy (non-hydrogen) atoms. The number of hydrogen-bond acceptors (Lipinski definition) is 1. The molecule has 0 spiro atoms. The molecule has 0 aliphatic heterocycles. The lowest BCUT2D eigenvalue weighted by Crippen LogP contribution is -2.86. The van der Waals surface area contributed by atoms with E-state index in [9.17, 15) is 9.18 Å². The largest absolute Gasteiger partial charge is 0.333 e. The van der Waals surface area contributed by atoms with E-state index in [0.29, 0.717) is 17.3 Å². The van der Waals surface area contributed by atoms with E-state index in [4.69, 9.17) is 11.6 Å². The molecule has 0 radical (unpaired) electrons. The van der Waals surface area contributed by atoms with Gasteiger partial charge in [0, 0.05) is 16.3 Å². The van der Waals surface area contributed by atoms with E-state index in [1.165, 1.54) is 24.3 Å². The Labute approximate surface area is 128 Å². The molecule has 3 nitrogen and oxygen atoms in total. The molecule has 2 aromatic rings. The Balaban J connectivity index is 1.83. The molecule has 0 unspecified atom stereocenters. The molecule has 0 aliphatic carbocycles. The Morgan fingerprint density at radius 3 is 2.43 bits per heavy atom. The van der Waals surface area contributed by atoms with Crippen LogP contribution >= 0.6 is 11.6 Å². The van der Waals surface area contributed by atoms with E-state index in [0.717, 1.165) is 5.56 Å². The molecule has 2 rings (SSSR count). The first-order chi connectivity index (χ1) is 10.0. The van der Waals surface area contributed by atoms with Crippen LogP contribution in [0.2, 0.25) is 5.02 Å². The number of nitrogens with one attached hydrogen (secondary N) is 1. The third-order valence-electron chi connectivity index (χ3n) is 3.18. The maximum Gasteiger partial charge on any atom is 0.279 e. The van der Waals surface area contributed by atoms with Gasteiger partial charge in [-0.2, -0.15) is 0 Å². The second-order valence-electron chi connectivity index (χ2n) is 4.84. The summed E-state index contributed by atoms with van der Waals surface area (Å²) in [5, 5.41) is 5.35. The van der Waals surface area contributed by atoms with Crippen LogP contribution in [-0.2, 0) is 4.79 Å². The van der Waals surface area contributed by atoms with Crippen molar-refractivity contribution in [3.05, 3.63) is 64.9 Å². The minimum absolute atomic E-state index is 0.123. The number of hydrogen-bond donors (Lipinski definition) is 2. The number of benzene rings is 2. The third kappa shape index (κ3) is 4.85. The highest BCUT2D eigenvalue weighted by molar-refractivity contribution is 6.30. The van der Waals surface area contributed by atoms with Gasteiger partial charge in [0.25, 0.3) is 5.91 Å². The number of carbonyl (C=O) groups is 1. The van der Waals surface area contributed by atoms with Gasteiger partial charge >= 0.3 is 0 Å². The van der Waals surface area contributed by atoms with Crippen molar-refractivity contribution in [2.45, 2.75) is 13.0 Å². The zero-order valence-electron chi connectivity index (χ0n) is 11.6. The van der Waals surface area contributed by atoms with Crippen LogP contribution in [0.15, 0.2) is 48.5 Å². The van der Waals surface area contributed by atoms with Crippen molar-refractivity contribution in [3.63, 3.8) is 0 Å². The Kier molecular flexibility index (Phi) is 5.31. The van der Waals surface area contributed by atoms with Crippen molar-refractivity contribution in [2.75, 3.05) is 11.9 Å². The average Bonchev–Trinajstić information content (AvgIpc) is 2.48. The maximum atomic E-state index is 12.8. The van der Waals surface area contributed by atoms with E-state index in [-0.39, 0.29) is 17.8 Å². The van der Waals surface area contributed by atoms with E-state index < -0.39 is 0 Å². The molecule has 3 N–H and O–H groups in total. The second-order valence-corrected chi connectivity index (χ2v) is 5.27. The number of carbonyl (C=O) groups excluding carboxylic acids is 1. The molecule has 0 aliphatic rings. The zero-order valence-corrected chi connectivity index (χ0v) is 12.4. The molecule has 1 atom stereocenters. The van der Waals surface area contributed by atoms with Crippen LogP contribution in [0.5, 0.6) is 0 Å². The summed E-state index contributed by atoms with van der Waals surface area (Å²) in [5.41, 5.74) is 1.70. The van der Waals surface area contributed by atoms with Crippen molar-refractivity contribution in [3.8, 4) is 0 Å². The summed E-state index contributed by atoms with van der Waals surface area (Å²) >= 11 is 5.84. The Bertz CT molecular complexity index is 599. The standard InChI is InChI=1S/C16H16ClFN2O/c1-11(12-2-4-13(17)5-3-12)19-10-16(21)20-15-8-6-14(18)7-9-15/h2-9,11,19H,10H2,1H3,(H,20,21)/p+1/t11-/m0/s1. The summed E-state index contributed by atoms with van der Waals surface area (Å²) < 4.78 is 12.8. The fourth-order valence-corrected chi connectivity index (χ4v) is 2.06. The van der Waals surface area contributed by atoms with Crippen molar-refractivity contribution in [1.82, 2.24) is 0 Å². The highest BCUT2D eigenvalue weighted by atomic mass is 35.5. The molecule has 0 fully saturated rings. The fraction of sp³-hybridized carbons (Fsp3) is 0.188. The molecule has 0 aromatic heterocycles. The predicted molar refractivity (Wildman–Crippen MR) is 81.7 cm³/mol. The first-order valence-electron chi connectivity index (χ1n) is 6.69. The summed E-state index contributed by atoms with van der Waals surface area (Å²) in [7, 11) is 0. The van der Waals surface area contributed by atoms with Gasteiger partial charge in [0.1, 0.15) is 11.9 Å². The highest BCUT2D eigenvalue weighted by Crippen LogP contribution is 2.13. The zero-order chi connectivity index (χ0) is 15.2. The second kappa shape index (κ2) is 7.20. The van der Waals surface area contributed by atoms with E-state index in [1.807, 2.05) is 36.5 Å². The number of halogens is 2. The van der Waals surface area contributed by atoms with Crippen molar-refractivity contribution < 1.29 is 14.5 Å². The van der Waals surface area contributed by atoms with Crippen LogP contribution in [0.1, 0.15) is 18.5 Å². The van der Waals surface area contributed by atoms with Crippen LogP contribution in [-0.4, -0.2) is 12.5 Å². The molecular formula is C16H17ClFN2O+. The lowest BCUT2D eigenvalue weighted by atomic mass is 10.1. The van der Waals surface area contributed by atoms with Crippen LogP contribution in [0.4, 0.5) is 10.1 Å². The summed E-state index contributed by atoms with van der Waals surface area (Å²) in [6.45, 7) is 2.32. The maximum absolute atomic E-state index is 12.8. The molecule has 0 saturated heterocycles. The molecule has 1 amide bonds. The smallest absolute Gasteiger partial charge is 0.279 e. The van der Waals surface area contributed by atoms with Crippen LogP contribution in [0, 0.1) is 5.82 Å². The lowest BCUT2D eigenvalue weighted by molar-refractivity contribution is -0.682. The van der Waals surface area contributed by atoms with E-state index >= 15 is 0 Å². The fourth-order valence-electron chi connectivity index (χ4n) is 1.93. The van der Waals surface area contributed by atoms with Crippen molar-refractivity contribution in [1.29, 1.82) is 0 Å². The summed E-state index contributed by atoms with van der Waals surface area (Å²) in [4.78, 5) is 11.8. The molecule has 110 valence electrons. The Hall–Kier alpha value is -1.91. The van der Waals surface area contributed by atoms with Gasteiger partial charge in [-0.15, -0.1) is 0 Å². The van der Waals surface area contributed by atoms with Crippen LogP contribution in [0.3, 0.4) is 0 Å². The first-order valence-corrected chi connectivity index (χ1v) is 7.06. The number of rotatable bonds is 5. The van der Waals surface area contributed by atoms with Gasteiger partial charge in [0.2, 0.25) is 0 Å². The minimum Gasteiger partial charge on any atom is -0.333 e. The molecule has 5 heteroatoms. The predicted octanol–water partition coefficient (Wildman–Crippen LogP) is 2.74. The topological polar surface area (TPSA) is 45.7 Å². The monoisotopic (exact) mass is 307 g/mol. The summed E-state index contributed by atoms with van der Waals surface area (Å²) in [6, 6.07) is 13.4. The van der Waals surface area contributed by atoms with Crippen molar-refractivity contribution >= 4 is 23.2 Å². The molecule has 0 saturated carbocycles. The van der Waals surface area contributed by atoms with E-state index in [1.54, 1.807) is 0 Å².